The van der Waals surface area contributed by atoms with E-state index in [0.717, 1.165) is 0 Å². The molecular formula is C35H30N6O5S. The minimum absolute atomic E-state index is 0.125. The van der Waals surface area contributed by atoms with Gasteiger partial charge in [-0.05, 0) is 83.9 Å². The third-order valence-electron chi connectivity index (χ3n) is 9.49. The van der Waals surface area contributed by atoms with E-state index in [0.29, 0.717) is 33.8 Å². The number of nitrogens with zero attached hydrogens (tertiary/aromatic N) is 6. The van der Waals surface area contributed by atoms with E-state index in [1.165, 1.54) is 29.6 Å². The zero-order valence-corrected chi connectivity index (χ0v) is 26.4. The SMILES string of the molecule is COc1ccc(S(=O)(=O)N2C[C@@H]3C(N4C(=O)C(c5ccncc5)(c5ccncc5)N(C)C4=CC(=O)c4ccc(C#N)cc4)[C@@H]3C2)cc1. The van der Waals surface area contributed by atoms with E-state index in [-0.39, 0.29) is 47.6 Å². The largest absolute Gasteiger partial charge is 0.497 e. The lowest BCUT2D eigenvalue weighted by Crippen LogP contribution is -2.46. The Balaban J connectivity index is 1.28. The van der Waals surface area contributed by atoms with Crippen LogP contribution in [0, 0.1) is 23.2 Å². The van der Waals surface area contributed by atoms with Gasteiger partial charge >= 0.3 is 0 Å². The minimum Gasteiger partial charge on any atom is -0.497 e. The molecule has 0 radical (unpaired) electrons. The standard InChI is InChI=1S/C35H30N6O5S/c1-39-32(19-31(42)24-5-3-23(20-36)4-6-24)41(34(43)35(39,25-11-15-37-16-12-25)26-13-17-38-18-14-26)33-29-21-40(22-30(29)33)47(44,45)28-9-7-27(46-2)8-10-28/h3-19,29-30,33H,21-22H2,1-2H3/t29-,30+,33?. The Morgan fingerprint density at radius 1 is 0.915 bits per heavy atom. The molecule has 0 bridgehead atoms. The maximum atomic E-state index is 15.0. The highest BCUT2D eigenvalue weighted by Crippen LogP contribution is 2.56. The molecule has 4 aromatic rings. The number of fused-ring (bicyclic) bond motifs is 1. The lowest BCUT2D eigenvalue weighted by Gasteiger charge is -2.35. The normalized spacial score (nSPS) is 22.6. The zero-order valence-electron chi connectivity index (χ0n) is 25.6. The number of benzene rings is 2. The molecule has 1 amide bonds. The van der Waals surface area contributed by atoms with Gasteiger partial charge in [0.1, 0.15) is 11.6 Å². The van der Waals surface area contributed by atoms with Crippen LogP contribution in [0.25, 0.3) is 0 Å². The van der Waals surface area contributed by atoms with Crippen molar-refractivity contribution in [2.24, 2.45) is 11.8 Å². The van der Waals surface area contributed by atoms with Crippen molar-refractivity contribution in [1.29, 1.82) is 5.26 Å². The summed E-state index contributed by atoms with van der Waals surface area (Å²) in [5.41, 5.74) is 0.794. The van der Waals surface area contributed by atoms with Gasteiger partial charge in [-0.25, -0.2) is 8.42 Å². The van der Waals surface area contributed by atoms with E-state index in [1.807, 2.05) is 4.90 Å². The lowest BCUT2D eigenvalue weighted by atomic mass is 9.82. The molecule has 7 rings (SSSR count). The first-order chi connectivity index (χ1) is 22.7. The maximum absolute atomic E-state index is 15.0. The molecule has 3 aliphatic rings. The van der Waals surface area contributed by atoms with Crippen LogP contribution in [0.15, 0.2) is 114 Å². The van der Waals surface area contributed by atoms with Gasteiger partial charge in [0.05, 0.1) is 23.6 Å². The highest BCUT2D eigenvalue weighted by Gasteiger charge is 2.67. The summed E-state index contributed by atoms with van der Waals surface area (Å²) in [5.74, 6) is 0.136. The molecule has 47 heavy (non-hydrogen) atoms. The number of amides is 1. The summed E-state index contributed by atoms with van der Waals surface area (Å²) in [6, 6.07) is 21.5. The molecule has 2 saturated heterocycles. The molecule has 12 heteroatoms. The van der Waals surface area contributed by atoms with Crippen molar-refractivity contribution in [3.63, 3.8) is 0 Å². The number of nitriles is 1. The highest BCUT2D eigenvalue weighted by atomic mass is 32.2. The molecule has 4 heterocycles. The number of carbonyl (C=O) groups excluding carboxylic acids is 2. The topological polar surface area (TPSA) is 137 Å². The second-order valence-corrected chi connectivity index (χ2v) is 13.7. The average molecular weight is 647 g/mol. The Morgan fingerprint density at radius 3 is 1.98 bits per heavy atom. The molecule has 3 atom stereocenters. The first-order valence-electron chi connectivity index (χ1n) is 15.0. The number of carbonyl (C=O) groups is 2. The van der Waals surface area contributed by atoms with E-state index in [4.69, 9.17) is 4.74 Å². The molecule has 1 saturated carbocycles. The van der Waals surface area contributed by atoms with E-state index in [9.17, 15) is 18.5 Å². The summed E-state index contributed by atoms with van der Waals surface area (Å²) in [5, 5.41) is 9.22. The number of piperidine rings is 1. The van der Waals surface area contributed by atoms with Gasteiger partial charge in [0, 0.05) is 74.4 Å². The fourth-order valence-electron chi connectivity index (χ4n) is 7.04. The van der Waals surface area contributed by atoms with Gasteiger partial charge in [0.25, 0.3) is 5.91 Å². The molecule has 0 spiro atoms. The predicted octanol–water partition coefficient (Wildman–Crippen LogP) is 3.42. The van der Waals surface area contributed by atoms with E-state index < -0.39 is 15.6 Å². The summed E-state index contributed by atoms with van der Waals surface area (Å²) in [6.45, 7) is 0.483. The van der Waals surface area contributed by atoms with Crippen molar-refractivity contribution in [2.75, 3.05) is 27.2 Å². The zero-order chi connectivity index (χ0) is 32.9. The molecule has 0 N–H and O–H groups in total. The van der Waals surface area contributed by atoms with Crippen LogP contribution in [-0.4, -0.2) is 77.5 Å². The first-order valence-corrected chi connectivity index (χ1v) is 16.4. The summed E-state index contributed by atoms with van der Waals surface area (Å²) >= 11 is 0. The Labute approximate surface area is 272 Å². The van der Waals surface area contributed by atoms with Gasteiger partial charge in [-0.15, -0.1) is 0 Å². The van der Waals surface area contributed by atoms with Gasteiger partial charge in [-0.1, -0.05) is 0 Å². The fourth-order valence-corrected chi connectivity index (χ4v) is 8.55. The molecule has 2 aliphatic heterocycles. The van der Waals surface area contributed by atoms with Crippen LogP contribution in [0.1, 0.15) is 27.0 Å². The second-order valence-electron chi connectivity index (χ2n) is 11.8. The first kappa shape index (κ1) is 30.3. The van der Waals surface area contributed by atoms with Crippen LogP contribution in [0.2, 0.25) is 0 Å². The summed E-state index contributed by atoms with van der Waals surface area (Å²) in [4.78, 5) is 40.8. The van der Waals surface area contributed by atoms with Crippen LogP contribution in [0.4, 0.5) is 0 Å². The van der Waals surface area contributed by atoms with Crippen molar-refractivity contribution in [3.05, 3.63) is 132 Å². The average Bonchev–Trinajstić information content (AvgIpc) is 3.46. The number of rotatable bonds is 8. The molecule has 1 aliphatic carbocycles. The van der Waals surface area contributed by atoms with Gasteiger partial charge in [-0.2, -0.15) is 9.57 Å². The van der Waals surface area contributed by atoms with Crippen molar-refractivity contribution in [1.82, 2.24) is 24.1 Å². The highest BCUT2D eigenvalue weighted by molar-refractivity contribution is 7.89. The van der Waals surface area contributed by atoms with Crippen LogP contribution < -0.4 is 4.74 Å². The third kappa shape index (κ3) is 4.78. The summed E-state index contributed by atoms with van der Waals surface area (Å²) in [7, 11) is -0.454. The summed E-state index contributed by atoms with van der Waals surface area (Å²) < 4.78 is 33.7. The smallest absolute Gasteiger partial charge is 0.263 e. The molecule has 2 aromatic heterocycles. The lowest BCUT2D eigenvalue weighted by molar-refractivity contribution is -0.132. The van der Waals surface area contributed by atoms with Crippen molar-refractivity contribution in [3.8, 4) is 11.8 Å². The molecule has 1 unspecified atom stereocenters. The van der Waals surface area contributed by atoms with E-state index in [1.54, 1.807) is 97.4 Å². The third-order valence-corrected chi connectivity index (χ3v) is 11.3. The van der Waals surface area contributed by atoms with Crippen molar-refractivity contribution in [2.45, 2.75) is 16.5 Å². The van der Waals surface area contributed by atoms with Crippen molar-refractivity contribution >= 4 is 21.7 Å². The number of methoxy groups -OCH3 is 1. The van der Waals surface area contributed by atoms with Crippen LogP contribution in [0.5, 0.6) is 5.75 Å². The second kappa shape index (κ2) is 11.5. The van der Waals surface area contributed by atoms with Gasteiger partial charge in [0.15, 0.2) is 11.3 Å². The number of hydrogen-bond acceptors (Lipinski definition) is 9. The van der Waals surface area contributed by atoms with Gasteiger partial charge in [-0.3, -0.25) is 24.5 Å². The quantitative estimate of drug-likeness (QED) is 0.208. The Kier molecular flexibility index (Phi) is 7.38. The fraction of sp³-hybridized carbons (Fsp3) is 0.229. The van der Waals surface area contributed by atoms with E-state index in [2.05, 4.69) is 16.0 Å². The molecule has 3 fully saturated rings. The Hall–Kier alpha value is -5.38. The summed E-state index contributed by atoms with van der Waals surface area (Å²) in [6.07, 6.45) is 7.97. The number of hydrogen-bond donors (Lipinski definition) is 0. The number of ketones is 1. The van der Waals surface area contributed by atoms with Crippen LogP contribution in [-0.2, 0) is 20.4 Å². The molecule has 236 valence electrons. The Morgan fingerprint density at radius 2 is 1.47 bits per heavy atom. The molecular weight excluding hydrogens is 616 g/mol. The van der Waals surface area contributed by atoms with Crippen molar-refractivity contribution < 1.29 is 22.7 Å². The Bertz CT molecular complexity index is 1980. The predicted molar refractivity (Wildman–Crippen MR) is 170 cm³/mol. The maximum Gasteiger partial charge on any atom is 0.263 e. The van der Waals surface area contributed by atoms with Gasteiger partial charge in [0.2, 0.25) is 10.0 Å². The number of aromatic nitrogens is 2. The van der Waals surface area contributed by atoms with Gasteiger partial charge < -0.3 is 9.64 Å². The number of ether oxygens (including phenoxy) is 1. The number of pyridine rings is 2. The van der Waals surface area contributed by atoms with Crippen LogP contribution in [0.3, 0.4) is 0 Å². The minimum atomic E-state index is -3.76. The number of sulfonamides is 1. The number of likely N-dealkylation sites (N-methyl/N-ethyl adjacent to an activating group) is 1. The van der Waals surface area contributed by atoms with E-state index >= 15 is 4.79 Å². The monoisotopic (exact) mass is 646 g/mol. The molecule has 2 aromatic carbocycles. The molecule has 11 nitrogen and oxygen atoms in total. The number of allylic oxidation sites excluding steroid dienone is 1. The van der Waals surface area contributed by atoms with Crippen LogP contribution >= 0.6 is 0 Å².